The van der Waals surface area contributed by atoms with E-state index in [0.717, 1.165) is 19.0 Å². The lowest BCUT2D eigenvalue weighted by atomic mass is 9.97. The molecule has 0 bridgehead atoms. The Bertz CT molecular complexity index is 324. The van der Waals surface area contributed by atoms with E-state index in [4.69, 9.17) is 0 Å². The number of carbonyl (C=O) groups excluding carboxylic acids is 1. The second-order valence-corrected chi connectivity index (χ2v) is 6.55. The summed E-state index contributed by atoms with van der Waals surface area (Å²) < 4.78 is 0. The summed E-state index contributed by atoms with van der Waals surface area (Å²) in [5.74, 6) is 0.870. The Hall–Kier alpha value is -0.870. The third kappa shape index (κ3) is 6.18. The number of rotatable bonds is 6. The molecular formula is C17H31N3O. The maximum atomic E-state index is 11.8. The minimum atomic E-state index is 0.130. The molecule has 2 heterocycles. The van der Waals surface area contributed by atoms with E-state index in [-0.39, 0.29) is 5.91 Å². The minimum Gasteiger partial charge on any atom is -0.352 e. The first-order chi connectivity index (χ1) is 10.3. The van der Waals surface area contributed by atoms with Crippen molar-refractivity contribution in [2.24, 2.45) is 5.92 Å². The van der Waals surface area contributed by atoms with Gasteiger partial charge in [0.1, 0.15) is 0 Å². The van der Waals surface area contributed by atoms with Crippen LogP contribution in [-0.4, -0.2) is 61.5 Å². The molecule has 2 rings (SSSR count). The predicted molar refractivity (Wildman–Crippen MR) is 87.3 cm³/mol. The number of likely N-dealkylation sites (tertiary alicyclic amines) is 2. The van der Waals surface area contributed by atoms with Crippen molar-refractivity contribution in [3.8, 4) is 0 Å². The van der Waals surface area contributed by atoms with Crippen LogP contribution in [-0.2, 0) is 4.79 Å². The molecule has 1 N–H and O–H groups in total. The zero-order valence-corrected chi connectivity index (χ0v) is 13.4. The Labute approximate surface area is 129 Å². The zero-order chi connectivity index (χ0) is 14.9. The SMILES string of the molecule is C=CCNC(=O)CN1CCCC(CN2CCCCCC2)C1. The van der Waals surface area contributed by atoms with E-state index >= 15 is 0 Å². The first-order valence-electron chi connectivity index (χ1n) is 8.60. The first-order valence-corrected chi connectivity index (χ1v) is 8.60. The normalized spacial score (nSPS) is 25.2. The molecule has 4 heteroatoms. The Balaban J connectivity index is 1.72. The van der Waals surface area contributed by atoms with Gasteiger partial charge in [0.15, 0.2) is 0 Å². The van der Waals surface area contributed by atoms with Crippen LogP contribution in [0, 0.1) is 5.92 Å². The summed E-state index contributed by atoms with van der Waals surface area (Å²) in [5.41, 5.74) is 0. The Morgan fingerprint density at radius 1 is 1.10 bits per heavy atom. The van der Waals surface area contributed by atoms with Gasteiger partial charge in [0.2, 0.25) is 5.91 Å². The number of hydrogen-bond donors (Lipinski definition) is 1. The number of nitrogens with one attached hydrogen (secondary N) is 1. The van der Waals surface area contributed by atoms with E-state index in [1.165, 1.54) is 58.2 Å². The molecule has 21 heavy (non-hydrogen) atoms. The van der Waals surface area contributed by atoms with Crippen LogP contribution in [0.1, 0.15) is 38.5 Å². The number of piperidine rings is 1. The summed E-state index contributed by atoms with van der Waals surface area (Å²) in [7, 11) is 0. The van der Waals surface area contributed by atoms with E-state index in [2.05, 4.69) is 21.7 Å². The van der Waals surface area contributed by atoms with Gasteiger partial charge in [-0.3, -0.25) is 9.69 Å². The molecule has 0 aromatic carbocycles. The molecule has 2 aliphatic heterocycles. The molecule has 2 fully saturated rings. The van der Waals surface area contributed by atoms with Crippen LogP contribution >= 0.6 is 0 Å². The van der Waals surface area contributed by atoms with Gasteiger partial charge < -0.3 is 10.2 Å². The van der Waals surface area contributed by atoms with Crippen molar-refractivity contribution >= 4 is 5.91 Å². The maximum absolute atomic E-state index is 11.8. The fourth-order valence-electron chi connectivity index (χ4n) is 3.57. The molecule has 0 saturated carbocycles. The van der Waals surface area contributed by atoms with E-state index in [1.807, 2.05) is 0 Å². The summed E-state index contributed by atoms with van der Waals surface area (Å²) in [6.07, 6.45) is 9.80. The van der Waals surface area contributed by atoms with Gasteiger partial charge in [0.25, 0.3) is 0 Å². The monoisotopic (exact) mass is 293 g/mol. The number of hydrogen-bond acceptors (Lipinski definition) is 3. The van der Waals surface area contributed by atoms with Crippen LogP contribution in [0.2, 0.25) is 0 Å². The second-order valence-electron chi connectivity index (χ2n) is 6.55. The maximum Gasteiger partial charge on any atom is 0.234 e. The molecule has 0 spiro atoms. The molecular weight excluding hydrogens is 262 g/mol. The summed E-state index contributed by atoms with van der Waals surface area (Å²) in [6, 6.07) is 0. The zero-order valence-electron chi connectivity index (χ0n) is 13.4. The number of amides is 1. The standard InChI is InChI=1S/C17H31N3O/c1-2-9-18-17(21)15-20-12-7-8-16(14-20)13-19-10-5-3-4-6-11-19/h2,16H,1,3-15H2,(H,18,21). The van der Waals surface area contributed by atoms with Crippen molar-refractivity contribution in [3.05, 3.63) is 12.7 Å². The number of carbonyl (C=O) groups is 1. The van der Waals surface area contributed by atoms with Gasteiger partial charge in [-0.15, -0.1) is 6.58 Å². The number of nitrogens with zero attached hydrogens (tertiary/aromatic N) is 2. The molecule has 0 aromatic rings. The highest BCUT2D eigenvalue weighted by molar-refractivity contribution is 5.78. The van der Waals surface area contributed by atoms with Gasteiger partial charge in [0.05, 0.1) is 6.54 Å². The topological polar surface area (TPSA) is 35.6 Å². The van der Waals surface area contributed by atoms with Gasteiger partial charge in [-0.1, -0.05) is 18.9 Å². The van der Waals surface area contributed by atoms with Crippen LogP contribution in [0.3, 0.4) is 0 Å². The molecule has 120 valence electrons. The van der Waals surface area contributed by atoms with Crippen molar-refractivity contribution < 1.29 is 4.79 Å². The third-order valence-corrected chi connectivity index (χ3v) is 4.63. The van der Waals surface area contributed by atoms with Gasteiger partial charge in [0, 0.05) is 19.6 Å². The van der Waals surface area contributed by atoms with E-state index in [1.54, 1.807) is 6.08 Å². The average Bonchev–Trinajstić information content (AvgIpc) is 2.74. The van der Waals surface area contributed by atoms with Gasteiger partial charge in [-0.25, -0.2) is 0 Å². The lowest BCUT2D eigenvalue weighted by Crippen LogP contribution is -2.45. The fraction of sp³-hybridized carbons (Fsp3) is 0.824. The molecule has 1 amide bonds. The van der Waals surface area contributed by atoms with E-state index < -0.39 is 0 Å². The van der Waals surface area contributed by atoms with Gasteiger partial charge in [-0.2, -0.15) is 0 Å². The smallest absolute Gasteiger partial charge is 0.234 e. The van der Waals surface area contributed by atoms with E-state index in [0.29, 0.717) is 13.1 Å². The van der Waals surface area contributed by atoms with Gasteiger partial charge in [-0.05, 0) is 51.2 Å². The summed E-state index contributed by atoms with van der Waals surface area (Å²) in [4.78, 5) is 16.8. The lowest BCUT2D eigenvalue weighted by Gasteiger charge is -2.35. The highest BCUT2D eigenvalue weighted by Gasteiger charge is 2.23. The van der Waals surface area contributed by atoms with Crippen molar-refractivity contribution in [1.82, 2.24) is 15.1 Å². The fourth-order valence-corrected chi connectivity index (χ4v) is 3.57. The minimum absolute atomic E-state index is 0.130. The van der Waals surface area contributed by atoms with Crippen LogP contribution in [0.15, 0.2) is 12.7 Å². The first kappa shape index (κ1) is 16.5. The summed E-state index contributed by atoms with van der Waals surface area (Å²) in [5, 5.41) is 2.88. The van der Waals surface area contributed by atoms with Crippen molar-refractivity contribution in [2.45, 2.75) is 38.5 Å². The van der Waals surface area contributed by atoms with Crippen molar-refractivity contribution in [2.75, 3.05) is 45.8 Å². The van der Waals surface area contributed by atoms with Crippen LogP contribution in [0.25, 0.3) is 0 Å². The van der Waals surface area contributed by atoms with Gasteiger partial charge >= 0.3 is 0 Å². The molecule has 0 radical (unpaired) electrons. The average molecular weight is 293 g/mol. The molecule has 1 unspecified atom stereocenters. The molecule has 1 atom stereocenters. The van der Waals surface area contributed by atoms with Crippen LogP contribution < -0.4 is 5.32 Å². The van der Waals surface area contributed by atoms with Crippen molar-refractivity contribution in [1.29, 1.82) is 0 Å². The Morgan fingerprint density at radius 3 is 2.52 bits per heavy atom. The molecule has 0 aromatic heterocycles. The predicted octanol–water partition coefficient (Wildman–Crippen LogP) is 1.88. The molecule has 2 saturated heterocycles. The van der Waals surface area contributed by atoms with Crippen LogP contribution in [0.4, 0.5) is 0 Å². The molecule has 4 nitrogen and oxygen atoms in total. The van der Waals surface area contributed by atoms with Crippen molar-refractivity contribution in [3.63, 3.8) is 0 Å². The third-order valence-electron chi connectivity index (χ3n) is 4.63. The quantitative estimate of drug-likeness (QED) is 0.760. The second kappa shape index (κ2) is 9.21. The summed E-state index contributed by atoms with van der Waals surface area (Å²) >= 11 is 0. The Morgan fingerprint density at radius 2 is 1.81 bits per heavy atom. The lowest BCUT2D eigenvalue weighted by molar-refractivity contribution is -0.122. The van der Waals surface area contributed by atoms with Crippen LogP contribution in [0.5, 0.6) is 0 Å². The Kier molecular flexibility index (Phi) is 7.24. The summed E-state index contributed by atoms with van der Waals surface area (Å²) in [6.45, 7) is 10.7. The molecule has 0 aliphatic carbocycles. The largest absolute Gasteiger partial charge is 0.352 e. The highest BCUT2D eigenvalue weighted by atomic mass is 16.2. The molecule has 2 aliphatic rings. The highest BCUT2D eigenvalue weighted by Crippen LogP contribution is 2.19. The van der Waals surface area contributed by atoms with E-state index in [9.17, 15) is 4.79 Å².